The van der Waals surface area contributed by atoms with Crippen molar-refractivity contribution >= 4 is 11.1 Å². The molecule has 112 valence electrons. The summed E-state index contributed by atoms with van der Waals surface area (Å²) in [5.74, 6) is 1.29. The Kier molecular flexibility index (Phi) is 3.24. The van der Waals surface area contributed by atoms with E-state index in [1.807, 2.05) is 42.5 Å². The molecular weight excluding hydrogens is 290 g/mol. The van der Waals surface area contributed by atoms with Gasteiger partial charge in [-0.05, 0) is 42.5 Å². The highest BCUT2D eigenvalue weighted by molar-refractivity contribution is 5.81. The highest BCUT2D eigenvalue weighted by Crippen LogP contribution is 2.27. The summed E-state index contributed by atoms with van der Waals surface area (Å²) in [5, 5.41) is 0. The minimum absolute atomic E-state index is 0.563. The summed E-state index contributed by atoms with van der Waals surface area (Å²) in [7, 11) is 1.62. The lowest BCUT2D eigenvalue weighted by Gasteiger charge is -2.02. The molecule has 0 N–H and O–H groups in total. The van der Waals surface area contributed by atoms with Gasteiger partial charge in [-0.25, -0.2) is 4.98 Å². The van der Waals surface area contributed by atoms with Crippen LogP contribution in [0.1, 0.15) is 0 Å². The molecule has 0 aliphatic rings. The maximum atomic E-state index is 5.79. The van der Waals surface area contributed by atoms with E-state index in [0.717, 1.165) is 33.7 Å². The monoisotopic (exact) mass is 303 g/mol. The van der Waals surface area contributed by atoms with Gasteiger partial charge in [0.15, 0.2) is 5.58 Å². The molecule has 0 aliphatic carbocycles. The van der Waals surface area contributed by atoms with Gasteiger partial charge >= 0.3 is 0 Å². The Hall–Kier alpha value is -3.21. The summed E-state index contributed by atoms with van der Waals surface area (Å²) in [6, 6.07) is 13.4. The number of methoxy groups -OCH3 is 1. The van der Waals surface area contributed by atoms with Crippen molar-refractivity contribution in [2.75, 3.05) is 7.11 Å². The fourth-order valence-electron chi connectivity index (χ4n) is 2.37. The second-order valence-electron chi connectivity index (χ2n) is 5.03. The summed E-state index contributed by atoms with van der Waals surface area (Å²) >= 11 is 0. The van der Waals surface area contributed by atoms with E-state index in [0.29, 0.717) is 5.89 Å². The Bertz CT molecular complexity index is 947. The van der Waals surface area contributed by atoms with Gasteiger partial charge in [-0.1, -0.05) is 0 Å². The van der Waals surface area contributed by atoms with Gasteiger partial charge in [0.1, 0.15) is 11.3 Å². The summed E-state index contributed by atoms with van der Waals surface area (Å²) in [5.41, 5.74) is 4.22. The molecule has 0 spiro atoms. The summed E-state index contributed by atoms with van der Waals surface area (Å²) in [4.78, 5) is 13.0. The number of benzene rings is 1. The van der Waals surface area contributed by atoms with Crippen LogP contribution in [0.5, 0.6) is 5.75 Å². The molecule has 4 rings (SSSR count). The standard InChI is InChI=1S/C18H13N3O2/c1-22-14-5-6-15(20-11-14)12-4-7-17-16(9-12)21-18(23-17)13-3-2-8-19-10-13/h2-11H,1H3. The van der Waals surface area contributed by atoms with E-state index in [2.05, 4.69) is 15.0 Å². The van der Waals surface area contributed by atoms with Crippen LogP contribution in [0.3, 0.4) is 0 Å². The number of oxazole rings is 1. The number of nitrogens with zero attached hydrogens (tertiary/aromatic N) is 3. The maximum Gasteiger partial charge on any atom is 0.228 e. The van der Waals surface area contributed by atoms with Crippen molar-refractivity contribution < 1.29 is 9.15 Å². The van der Waals surface area contributed by atoms with Crippen molar-refractivity contribution in [3.05, 3.63) is 61.1 Å². The van der Waals surface area contributed by atoms with Crippen molar-refractivity contribution in [1.29, 1.82) is 0 Å². The fraction of sp³-hybridized carbons (Fsp3) is 0.0556. The van der Waals surface area contributed by atoms with Crippen LogP contribution in [-0.4, -0.2) is 22.1 Å². The maximum absolute atomic E-state index is 5.79. The van der Waals surface area contributed by atoms with Gasteiger partial charge in [0.05, 0.1) is 24.6 Å². The third-order valence-electron chi connectivity index (χ3n) is 3.56. The van der Waals surface area contributed by atoms with Gasteiger partial charge < -0.3 is 9.15 Å². The minimum Gasteiger partial charge on any atom is -0.495 e. The molecule has 0 saturated carbocycles. The molecule has 4 aromatic rings. The van der Waals surface area contributed by atoms with Crippen molar-refractivity contribution in [3.63, 3.8) is 0 Å². The van der Waals surface area contributed by atoms with E-state index in [1.165, 1.54) is 0 Å². The van der Waals surface area contributed by atoms with E-state index in [9.17, 15) is 0 Å². The first-order chi connectivity index (χ1) is 11.3. The van der Waals surface area contributed by atoms with Crippen LogP contribution < -0.4 is 4.74 Å². The Morgan fingerprint density at radius 1 is 1.00 bits per heavy atom. The first-order valence-corrected chi connectivity index (χ1v) is 7.15. The highest BCUT2D eigenvalue weighted by Gasteiger charge is 2.10. The molecule has 1 aromatic carbocycles. The van der Waals surface area contributed by atoms with Crippen molar-refractivity contribution in [2.45, 2.75) is 0 Å². The molecule has 5 nitrogen and oxygen atoms in total. The molecule has 0 bridgehead atoms. The first-order valence-electron chi connectivity index (χ1n) is 7.15. The van der Waals surface area contributed by atoms with Crippen molar-refractivity contribution in [2.24, 2.45) is 0 Å². The van der Waals surface area contributed by atoms with Crippen molar-refractivity contribution in [1.82, 2.24) is 15.0 Å². The zero-order valence-electron chi connectivity index (χ0n) is 12.4. The van der Waals surface area contributed by atoms with E-state index >= 15 is 0 Å². The van der Waals surface area contributed by atoms with Gasteiger partial charge in [0, 0.05) is 18.0 Å². The largest absolute Gasteiger partial charge is 0.495 e. The zero-order chi connectivity index (χ0) is 15.6. The Morgan fingerprint density at radius 3 is 2.70 bits per heavy atom. The van der Waals surface area contributed by atoms with Crippen LogP contribution in [0.4, 0.5) is 0 Å². The zero-order valence-corrected chi connectivity index (χ0v) is 12.4. The Balaban J connectivity index is 1.75. The topological polar surface area (TPSA) is 61.0 Å². The molecule has 0 atom stereocenters. The molecule has 23 heavy (non-hydrogen) atoms. The molecule has 3 aromatic heterocycles. The van der Waals surface area contributed by atoms with Crippen LogP contribution in [0.25, 0.3) is 33.8 Å². The van der Waals surface area contributed by atoms with E-state index in [4.69, 9.17) is 9.15 Å². The Morgan fingerprint density at radius 2 is 1.96 bits per heavy atom. The van der Waals surface area contributed by atoms with Crippen LogP contribution in [0.2, 0.25) is 0 Å². The summed E-state index contributed by atoms with van der Waals surface area (Å²) in [6.45, 7) is 0. The number of rotatable bonds is 3. The van der Waals surface area contributed by atoms with E-state index in [-0.39, 0.29) is 0 Å². The van der Waals surface area contributed by atoms with E-state index in [1.54, 1.807) is 25.7 Å². The molecular formula is C18H13N3O2. The van der Waals surface area contributed by atoms with Gasteiger partial charge in [0.25, 0.3) is 0 Å². The smallest absolute Gasteiger partial charge is 0.228 e. The number of hydrogen-bond acceptors (Lipinski definition) is 5. The molecule has 5 heteroatoms. The number of aromatic nitrogens is 3. The minimum atomic E-state index is 0.563. The predicted molar refractivity (Wildman–Crippen MR) is 87.0 cm³/mol. The number of fused-ring (bicyclic) bond motifs is 1. The third-order valence-corrected chi connectivity index (χ3v) is 3.56. The molecule has 0 saturated heterocycles. The second-order valence-corrected chi connectivity index (χ2v) is 5.03. The lowest BCUT2D eigenvalue weighted by Crippen LogP contribution is -1.86. The molecule has 0 aliphatic heterocycles. The first kappa shape index (κ1) is 13.5. The van der Waals surface area contributed by atoms with Crippen LogP contribution >= 0.6 is 0 Å². The van der Waals surface area contributed by atoms with Crippen LogP contribution in [-0.2, 0) is 0 Å². The molecule has 3 heterocycles. The van der Waals surface area contributed by atoms with Gasteiger partial charge in [-0.3, -0.25) is 9.97 Å². The normalized spacial score (nSPS) is 10.8. The van der Waals surface area contributed by atoms with Gasteiger partial charge in [-0.15, -0.1) is 0 Å². The molecule has 0 unspecified atom stereocenters. The van der Waals surface area contributed by atoms with Crippen molar-refractivity contribution in [3.8, 4) is 28.5 Å². The van der Waals surface area contributed by atoms with Gasteiger partial charge in [-0.2, -0.15) is 0 Å². The third kappa shape index (κ3) is 2.53. The average molecular weight is 303 g/mol. The lowest BCUT2D eigenvalue weighted by atomic mass is 10.1. The predicted octanol–water partition coefficient (Wildman–Crippen LogP) is 3.96. The molecule has 0 fully saturated rings. The number of hydrogen-bond donors (Lipinski definition) is 0. The fourth-order valence-corrected chi connectivity index (χ4v) is 2.37. The quantitative estimate of drug-likeness (QED) is 0.573. The van der Waals surface area contributed by atoms with E-state index < -0.39 is 0 Å². The number of ether oxygens (including phenoxy) is 1. The average Bonchev–Trinajstić information content (AvgIpc) is 3.06. The summed E-state index contributed by atoms with van der Waals surface area (Å²) < 4.78 is 10.9. The van der Waals surface area contributed by atoms with Crippen LogP contribution in [0.15, 0.2) is 65.5 Å². The van der Waals surface area contributed by atoms with Gasteiger partial charge in [0.2, 0.25) is 5.89 Å². The summed E-state index contributed by atoms with van der Waals surface area (Å²) in [6.07, 6.45) is 5.15. The second kappa shape index (κ2) is 5.53. The SMILES string of the molecule is COc1ccc(-c2ccc3oc(-c4cccnc4)nc3c2)nc1. The molecule has 0 radical (unpaired) electrons. The van der Waals surface area contributed by atoms with Crippen LogP contribution in [0, 0.1) is 0 Å². The highest BCUT2D eigenvalue weighted by atomic mass is 16.5. The number of pyridine rings is 2. The lowest BCUT2D eigenvalue weighted by molar-refractivity contribution is 0.413. The Labute approximate surface area is 132 Å². The molecule has 0 amide bonds.